The number of hydrogen-bond donors (Lipinski definition) is 1. The molecule has 4 aromatic rings. The second kappa shape index (κ2) is 10.9. The summed E-state index contributed by atoms with van der Waals surface area (Å²) in [4.78, 5) is 0. The summed E-state index contributed by atoms with van der Waals surface area (Å²) in [5, 5.41) is 6.70. The van der Waals surface area contributed by atoms with Crippen LogP contribution in [-0.4, -0.2) is 20.4 Å². The van der Waals surface area contributed by atoms with E-state index in [1.807, 2.05) is 66.9 Å². The summed E-state index contributed by atoms with van der Waals surface area (Å²) in [6, 6.07) is 26.2. The van der Waals surface area contributed by atoms with Crippen LogP contribution in [0, 0.1) is 0 Å². The van der Waals surface area contributed by atoms with Gasteiger partial charge in [-0.1, -0.05) is 64.5 Å². The Labute approximate surface area is 202 Å². The summed E-state index contributed by atoms with van der Waals surface area (Å²) in [6.07, 6.45) is 1.82. The Morgan fingerprint density at radius 2 is 1.55 bits per heavy atom. The van der Waals surface area contributed by atoms with Gasteiger partial charge < -0.3 is 19.6 Å². The van der Waals surface area contributed by atoms with Crippen LogP contribution < -0.4 is 19.6 Å². The maximum Gasteiger partial charge on any atom is 0.161 e. The Hall–Kier alpha value is -3.51. The predicted molar refractivity (Wildman–Crippen MR) is 136 cm³/mol. The molecule has 0 heterocycles. The van der Waals surface area contributed by atoms with Crippen LogP contribution in [0.1, 0.15) is 16.7 Å². The number of hydrazone groups is 1. The van der Waals surface area contributed by atoms with Crippen LogP contribution >= 0.6 is 15.9 Å². The molecule has 6 heteroatoms. The summed E-state index contributed by atoms with van der Waals surface area (Å²) in [5.74, 6) is 2.18. The lowest BCUT2D eigenvalue weighted by molar-refractivity contribution is 0.306. The smallest absolute Gasteiger partial charge is 0.161 e. The molecule has 0 saturated carbocycles. The third-order valence-electron chi connectivity index (χ3n) is 5.25. The molecule has 0 fully saturated rings. The number of nitrogens with one attached hydrogen (secondary N) is 1. The highest BCUT2D eigenvalue weighted by Crippen LogP contribution is 2.28. The number of fused-ring (bicyclic) bond motifs is 1. The normalized spacial score (nSPS) is 11.0. The maximum atomic E-state index is 6.18. The van der Waals surface area contributed by atoms with Crippen molar-refractivity contribution in [1.29, 1.82) is 0 Å². The van der Waals surface area contributed by atoms with Crippen LogP contribution in [0.3, 0.4) is 0 Å². The van der Waals surface area contributed by atoms with Crippen molar-refractivity contribution < 1.29 is 14.2 Å². The molecule has 0 spiro atoms. The first-order chi connectivity index (χ1) is 16.2. The lowest BCUT2D eigenvalue weighted by atomic mass is 10.0. The van der Waals surface area contributed by atoms with Crippen LogP contribution in [-0.2, 0) is 13.2 Å². The molecular formula is C27H25BrN2O3. The molecule has 0 atom stereocenters. The molecule has 0 saturated heterocycles. The van der Waals surface area contributed by atoms with Gasteiger partial charge in [-0.05, 0) is 52.2 Å². The van der Waals surface area contributed by atoms with Crippen LogP contribution in [0.5, 0.6) is 17.2 Å². The Bertz CT molecular complexity index is 1260. The molecule has 4 rings (SSSR count). The molecule has 4 aromatic carbocycles. The summed E-state index contributed by atoms with van der Waals surface area (Å²) in [7, 11) is 3.25. The van der Waals surface area contributed by atoms with E-state index in [0.29, 0.717) is 24.7 Å². The Balaban J connectivity index is 1.52. The summed E-state index contributed by atoms with van der Waals surface area (Å²) in [5.41, 5.74) is 6.19. The number of hydrogen-bond acceptors (Lipinski definition) is 5. The monoisotopic (exact) mass is 504 g/mol. The van der Waals surface area contributed by atoms with Crippen molar-refractivity contribution in [3.8, 4) is 17.2 Å². The van der Waals surface area contributed by atoms with Gasteiger partial charge in [-0.25, -0.2) is 0 Å². The minimum atomic E-state index is 0.478. The summed E-state index contributed by atoms with van der Waals surface area (Å²) >= 11 is 3.47. The van der Waals surface area contributed by atoms with Crippen molar-refractivity contribution in [3.63, 3.8) is 0 Å². The highest BCUT2D eigenvalue weighted by Gasteiger charge is 2.08. The molecule has 0 amide bonds. The average Bonchev–Trinajstić information content (AvgIpc) is 2.86. The Morgan fingerprint density at radius 1 is 0.818 bits per heavy atom. The zero-order valence-corrected chi connectivity index (χ0v) is 20.1. The van der Waals surface area contributed by atoms with Crippen molar-refractivity contribution in [1.82, 2.24) is 5.43 Å². The van der Waals surface area contributed by atoms with Gasteiger partial charge in [-0.2, -0.15) is 5.10 Å². The first-order valence-electron chi connectivity index (χ1n) is 10.5. The van der Waals surface area contributed by atoms with Crippen molar-refractivity contribution in [2.45, 2.75) is 13.2 Å². The fourth-order valence-corrected chi connectivity index (χ4v) is 3.78. The SMILES string of the molecule is COc1ccc(CN/N=C/c2c(OCc3ccc(Br)cc3)ccc3ccccc23)cc1OC. The third kappa shape index (κ3) is 5.65. The van der Waals surface area contributed by atoms with Crippen molar-refractivity contribution >= 4 is 32.9 Å². The fourth-order valence-electron chi connectivity index (χ4n) is 3.51. The lowest BCUT2D eigenvalue weighted by Gasteiger charge is -2.12. The van der Waals surface area contributed by atoms with Crippen LogP contribution in [0.25, 0.3) is 10.8 Å². The second-order valence-electron chi connectivity index (χ2n) is 7.40. The van der Waals surface area contributed by atoms with E-state index < -0.39 is 0 Å². The molecule has 0 aliphatic rings. The van der Waals surface area contributed by atoms with E-state index in [9.17, 15) is 0 Å². The topological polar surface area (TPSA) is 52.1 Å². The van der Waals surface area contributed by atoms with Gasteiger partial charge in [-0.15, -0.1) is 0 Å². The van der Waals surface area contributed by atoms with Crippen LogP contribution in [0.2, 0.25) is 0 Å². The van der Waals surface area contributed by atoms with Gasteiger partial charge in [0.15, 0.2) is 11.5 Å². The minimum absolute atomic E-state index is 0.478. The number of methoxy groups -OCH3 is 2. The predicted octanol–water partition coefficient (Wildman–Crippen LogP) is 6.32. The largest absolute Gasteiger partial charge is 0.493 e. The third-order valence-corrected chi connectivity index (χ3v) is 5.78. The molecule has 0 aliphatic heterocycles. The van der Waals surface area contributed by atoms with Crippen LogP contribution in [0.4, 0.5) is 0 Å². The van der Waals surface area contributed by atoms with E-state index in [1.54, 1.807) is 14.2 Å². The van der Waals surface area contributed by atoms with E-state index in [1.165, 1.54) is 0 Å². The van der Waals surface area contributed by atoms with Gasteiger partial charge in [0.2, 0.25) is 0 Å². The molecule has 0 radical (unpaired) electrons. The quantitative estimate of drug-likeness (QED) is 0.214. The first kappa shape index (κ1) is 22.7. The van der Waals surface area contributed by atoms with E-state index in [2.05, 4.69) is 44.7 Å². The Kier molecular flexibility index (Phi) is 7.47. The highest BCUT2D eigenvalue weighted by atomic mass is 79.9. The average molecular weight is 505 g/mol. The molecule has 0 bridgehead atoms. The number of benzene rings is 4. The Morgan fingerprint density at radius 3 is 2.33 bits per heavy atom. The molecule has 0 aromatic heterocycles. The standard InChI is InChI=1S/C27H25BrN2O3/c1-31-26-13-9-20(15-27(26)32-2)16-29-30-17-24-23-6-4-3-5-21(23)10-14-25(24)33-18-19-7-11-22(28)12-8-19/h3-15,17,29H,16,18H2,1-2H3/b30-17+. The summed E-state index contributed by atoms with van der Waals surface area (Å²) in [6.45, 7) is 1.03. The molecule has 0 unspecified atom stereocenters. The van der Waals surface area contributed by atoms with Crippen molar-refractivity contribution in [3.05, 3.63) is 100 Å². The van der Waals surface area contributed by atoms with E-state index >= 15 is 0 Å². The van der Waals surface area contributed by atoms with Crippen molar-refractivity contribution in [2.24, 2.45) is 5.10 Å². The molecule has 0 aliphatic carbocycles. The van der Waals surface area contributed by atoms with E-state index in [0.717, 1.165) is 37.7 Å². The van der Waals surface area contributed by atoms with Gasteiger partial charge in [-0.3, -0.25) is 0 Å². The number of nitrogens with zero attached hydrogens (tertiary/aromatic N) is 1. The maximum absolute atomic E-state index is 6.18. The molecule has 1 N–H and O–H groups in total. The number of halogens is 1. The molecule has 168 valence electrons. The number of rotatable bonds is 9. The van der Waals surface area contributed by atoms with Gasteiger partial charge >= 0.3 is 0 Å². The molecule has 5 nitrogen and oxygen atoms in total. The summed E-state index contributed by atoms with van der Waals surface area (Å²) < 4.78 is 17.9. The zero-order valence-electron chi connectivity index (χ0n) is 18.5. The van der Waals surface area contributed by atoms with E-state index in [4.69, 9.17) is 14.2 Å². The van der Waals surface area contributed by atoms with Gasteiger partial charge in [0.1, 0.15) is 12.4 Å². The van der Waals surface area contributed by atoms with Crippen LogP contribution in [0.15, 0.2) is 88.4 Å². The molecular weight excluding hydrogens is 480 g/mol. The second-order valence-corrected chi connectivity index (χ2v) is 8.31. The molecule has 33 heavy (non-hydrogen) atoms. The highest BCUT2D eigenvalue weighted by molar-refractivity contribution is 9.10. The van der Waals surface area contributed by atoms with Crippen molar-refractivity contribution in [2.75, 3.05) is 14.2 Å². The zero-order chi connectivity index (χ0) is 23.0. The minimum Gasteiger partial charge on any atom is -0.493 e. The lowest BCUT2D eigenvalue weighted by Crippen LogP contribution is -2.07. The fraction of sp³-hybridized carbons (Fsp3) is 0.148. The van der Waals surface area contributed by atoms with E-state index in [-0.39, 0.29) is 0 Å². The van der Waals surface area contributed by atoms with Gasteiger partial charge in [0.25, 0.3) is 0 Å². The van der Waals surface area contributed by atoms with Gasteiger partial charge in [0.05, 0.1) is 27.0 Å². The number of ether oxygens (including phenoxy) is 3. The van der Waals surface area contributed by atoms with Gasteiger partial charge in [0, 0.05) is 10.0 Å². The first-order valence-corrected chi connectivity index (χ1v) is 11.3.